The second kappa shape index (κ2) is 6.22. The zero-order valence-electron chi connectivity index (χ0n) is 11.6. The van der Waals surface area contributed by atoms with E-state index in [1.807, 2.05) is 6.07 Å². The third-order valence-electron chi connectivity index (χ3n) is 3.74. The van der Waals surface area contributed by atoms with Gasteiger partial charge in [0.2, 0.25) is 0 Å². The lowest BCUT2D eigenvalue weighted by atomic mass is 9.99. The number of benzene rings is 2. The number of rotatable bonds is 4. The van der Waals surface area contributed by atoms with Gasteiger partial charge in [-0.25, -0.2) is 0 Å². The standard InChI is InChI=1S/C17H17F2NO/c18-17(19)21-16-7-3-4-13(10-16)11-20-9-8-14-5-1-2-6-15(14)12-20/h1-7,10,17H,8-9,11-12H2. The molecule has 1 heterocycles. The van der Waals surface area contributed by atoms with Crippen LogP contribution in [0.4, 0.5) is 8.78 Å². The van der Waals surface area contributed by atoms with E-state index in [0.29, 0.717) is 0 Å². The van der Waals surface area contributed by atoms with Gasteiger partial charge in [0, 0.05) is 19.6 Å². The first-order chi connectivity index (χ1) is 10.2. The van der Waals surface area contributed by atoms with Crippen molar-refractivity contribution in [2.75, 3.05) is 6.54 Å². The highest BCUT2D eigenvalue weighted by atomic mass is 19.3. The second-order valence-electron chi connectivity index (χ2n) is 5.26. The van der Waals surface area contributed by atoms with E-state index in [0.717, 1.165) is 31.6 Å². The summed E-state index contributed by atoms with van der Waals surface area (Å²) in [6, 6.07) is 15.4. The molecule has 0 aromatic heterocycles. The van der Waals surface area contributed by atoms with Crippen molar-refractivity contribution in [2.45, 2.75) is 26.1 Å². The molecule has 2 aromatic carbocycles. The van der Waals surface area contributed by atoms with E-state index in [1.54, 1.807) is 18.2 Å². The molecular weight excluding hydrogens is 272 g/mol. The van der Waals surface area contributed by atoms with Crippen molar-refractivity contribution in [3.05, 3.63) is 65.2 Å². The molecule has 110 valence electrons. The van der Waals surface area contributed by atoms with Gasteiger partial charge in [0.1, 0.15) is 5.75 Å². The van der Waals surface area contributed by atoms with Crippen molar-refractivity contribution in [3.8, 4) is 5.75 Å². The highest BCUT2D eigenvalue weighted by molar-refractivity contribution is 5.31. The molecule has 3 rings (SSSR count). The van der Waals surface area contributed by atoms with Gasteiger partial charge in [-0.1, -0.05) is 36.4 Å². The Balaban J connectivity index is 1.68. The van der Waals surface area contributed by atoms with Gasteiger partial charge in [0.05, 0.1) is 0 Å². The number of hydrogen-bond donors (Lipinski definition) is 0. The summed E-state index contributed by atoms with van der Waals surface area (Å²) in [6.45, 7) is -0.149. The lowest BCUT2D eigenvalue weighted by molar-refractivity contribution is -0.0499. The first-order valence-electron chi connectivity index (χ1n) is 7.03. The fourth-order valence-corrected chi connectivity index (χ4v) is 2.77. The van der Waals surface area contributed by atoms with E-state index in [4.69, 9.17) is 0 Å². The van der Waals surface area contributed by atoms with Crippen LogP contribution in [0.2, 0.25) is 0 Å². The summed E-state index contributed by atoms with van der Waals surface area (Å²) in [5, 5.41) is 0. The smallest absolute Gasteiger partial charge is 0.387 e. The average molecular weight is 289 g/mol. The first kappa shape index (κ1) is 14.0. The lowest BCUT2D eigenvalue weighted by Gasteiger charge is -2.28. The molecule has 0 atom stereocenters. The van der Waals surface area contributed by atoms with Gasteiger partial charge >= 0.3 is 6.61 Å². The summed E-state index contributed by atoms with van der Waals surface area (Å²) in [4.78, 5) is 2.32. The Labute approximate surface area is 123 Å². The van der Waals surface area contributed by atoms with Gasteiger partial charge in [-0.05, 0) is 35.2 Å². The van der Waals surface area contributed by atoms with Crippen LogP contribution in [-0.2, 0) is 19.5 Å². The molecule has 0 aliphatic carbocycles. The second-order valence-corrected chi connectivity index (χ2v) is 5.26. The summed E-state index contributed by atoms with van der Waals surface area (Å²) >= 11 is 0. The molecule has 0 unspecified atom stereocenters. The molecule has 0 spiro atoms. The number of fused-ring (bicyclic) bond motifs is 1. The molecule has 21 heavy (non-hydrogen) atoms. The maximum atomic E-state index is 12.2. The Morgan fingerprint density at radius 2 is 1.86 bits per heavy atom. The minimum atomic E-state index is -2.78. The number of hydrogen-bond acceptors (Lipinski definition) is 2. The molecule has 0 amide bonds. The van der Waals surface area contributed by atoms with E-state index in [1.165, 1.54) is 11.1 Å². The first-order valence-corrected chi connectivity index (χ1v) is 7.03. The molecule has 1 aliphatic rings. The zero-order chi connectivity index (χ0) is 14.7. The van der Waals surface area contributed by atoms with Gasteiger partial charge in [0.25, 0.3) is 0 Å². The van der Waals surface area contributed by atoms with Crippen LogP contribution in [0, 0.1) is 0 Å². The van der Waals surface area contributed by atoms with E-state index < -0.39 is 6.61 Å². The highest BCUT2D eigenvalue weighted by Crippen LogP contribution is 2.22. The van der Waals surface area contributed by atoms with Crippen LogP contribution in [0.3, 0.4) is 0 Å². The van der Waals surface area contributed by atoms with Crippen molar-refractivity contribution >= 4 is 0 Å². The predicted octanol–water partition coefficient (Wildman–Crippen LogP) is 3.85. The highest BCUT2D eigenvalue weighted by Gasteiger charge is 2.16. The molecule has 0 fully saturated rings. The number of ether oxygens (including phenoxy) is 1. The van der Waals surface area contributed by atoms with E-state index in [2.05, 4.69) is 33.9 Å². The summed E-state index contributed by atoms with van der Waals surface area (Å²) in [7, 11) is 0. The van der Waals surface area contributed by atoms with Crippen molar-refractivity contribution < 1.29 is 13.5 Å². The maximum Gasteiger partial charge on any atom is 0.387 e. The molecule has 0 saturated carbocycles. The van der Waals surface area contributed by atoms with Crippen molar-refractivity contribution in [2.24, 2.45) is 0 Å². The van der Waals surface area contributed by atoms with E-state index in [9.17, 15) is 8.78 Å². The molecule has 1 aliphatic heterocycles. The Hall–Kier alpha value is -1.94. The molecule has 2 nitrogen and oxygen atoms in total. The summed E-state index contributed by atoms with van der Waals surface area (Å²) < 4.78 is 28.9. The van der Waals surface area contributed by atoms with Crippen molar-refractivity contribution in [1.82, 2.24) is 4.90 Å². The number of nitrogens with zero attached hydrogens (tertiary/aromatic N) is 1. The van der Waals surface area contributed by atoms with Gasteiger partial charge < -0.3 is 4.74 Å². The third-order valence-corrected chi connectivity index (χ3v) is 3.74. The molecule has 0 saturated heterocycles. The summed E-state index contributed by atoms with van der Waals surface area (Å²) in [5.41, 5.74) is 3.75. The zero-order valence-corrected chi connectivity index (χ0v) is 11.6. The number of alkyl halides is 2. The monoisotopic (exact) mass is 289 g/mol. The topological polar surface area (TPSA) is 12.5 Å². The van der Waals surface area contributed by atoms with Gasteiger partial charge in [-0.15, -0.1) is 0 Å². The normalized spacial score (nSPS) is 15.0. The predicted molar refractivity (Wildman–Crippen MR) is 77.3 cm³/mol. The van der Waals surface area contributed by atoms with Crippen LogP contribution in [0.25, 0.3) is 0 Å². The van der Waals surface area contributed by atoms with Crippen molar-refractivity contribution in [3.63, 3.8) is 0 Å². The fourth-order valence-electron chi connectivity index (χ4n) is 2.77. The minimum absolute atomic E-state index is 0.222. The van der Waals surface area contributed by atoms with Crippen LogP contribution in [0.5, 0.6) is 5.75 Å². The third kappa shape index (κ3) is 3.58. The van der Waals surface area contributed by atoms with Crippen LogP contribution in [0.15, 0.2) is 48.5 Å². The average Bonchev–Trinajstić information content (AvgIpc) is 2.47. The fraction of sp³-hybridized carbons (Fsp3) is 0.294. The van der Waals surface area contributed by atoms with Gasteiger partial charge in [0.15, 0.2) is 0 Å². The van der Waals surface area contributed by atoms with Crippen LogP contribution in [-0.4, -0.2) is 18.1 Å². The number of halogens is 2. The van der Waals surface area contributed by atoms with Gasteiger partial charge in [-0.2, -0.15) is 8.78 Å². The Morgan fingerprint density at radius 3 is 2.67 bits per heavy atom. The van der Waals surface area contributed by atoms with Crippen LogP contribution < -0.4 is 4.74 Å². The van der Waals surface area contributed by atoms with E-state index >= 15 is 0 Å². The molecule has 2 aromatic rings. The SMILES string of the molecule is FC(F)Oc1cccc(CN2CCc3ccccc3C2)c1. The quantitative estimate of drug-likeness (QED) is 0.847. The molecule has 0 radical (unpaired) electrons. The van der Waals surface area contributed by atoms with Crippen LogP contribution in [0.1, 0.15) is 16.7 Å². The van der Waals surface area contributed by atoms with Crippen LogP contribution >= 0.6 is 0 Å². The minimum Gasteiger partial charge on any atom is -0.435 e. The molecule has 0 bridgehead atoms. The van der Waals surface area contributed by atoms with E-state index in [-0.39, 0.29) is 5.75 Å². The largest absolute Gasteiger partial charge is 0.435 e. The molecular formula is C17H17F2NO. The lowest BCUT2D eigenvalue weighted by Crippen LogP contribution is -2.29. The maximum absolute atomic E-state index is 12.2. The van der Waals surface area contributed by atoms with Gasteiger partial charge in [-0.3, -0.25) is 4.90 Å². The summed E-state index contributed by atoms with van der Waals surface area (Å²) in [6.07, 6.45) is 1.03. The Kier molecular flexibility index (Phi) is 4.15. The van der Waals surface area contributed by atoms with Crippen molar-refractivity contribution in [1.29, 1.82) is 0 Å². The Morgan fingerprint density at radius 1 is 1.05 bits per heavy atom. The molecule has 0 N–H and O–H groups in total. The molecule has 4 heteroatoms. The Bertz CT molecular complexity index is 615. The summed E-state index contributed by atoms with van der Waals surface area (Å²) in [5.74, 6) is 0.222.